The summed E-state index contributed by atoms with van der Waals surface area (Å²) in [6.07, 6.45) is 2.53. The predicted molar refractivity (Wildman–Crippen MR) is 42.9 cm³/mol. The van der Waals surface area contributed by atoms with Crippen LogP contribution in [0.4, 0.5) is 4.79 Å². The number of ether oxygens (including phenoxy) is 1. The van der Waals surface area contributed by atoms with Crippen molar-refractivity contribution in [1.29, 1.82) is 0 Å². The summed E-state index contributed by atoms with van der Waals surface area (Å²) in [5, 5.41) is 8.38. The van der Waals surface area contributed by atoms with Crippen molar-refractivity contribution < 1.29 is 14.6 Å². The molecule has 0 amide bonds. The quantitative estimate of drug-likeness (QED) is 0.705. The Morgan fingerprint density at radius 1 is 1.58 bits per heavy atom. The first-order chi connectivity index (χ1) is 5.74. The normalized spacial score (nSPS) is 12.4. The van der Waals surface area contributed by atoms with Gasteiger partial charge in [-0.2, -0.15) is 0 Å². The summed E-state index contributed by atoms with van der Waals surface area (Å²) >= 11 is 0. The maximum atomic E-state index is 10.2. The minimum Gasteiger partial charge on any atom is -0.450 e. The van der Waals surface area contributed by atoms with Crippen LogP contribution in [0.15, 0.2) is 24.5 Å². The molecule has 0 saturated carbocycles. The molecule has 1 N–H and O–H groups in total. The van der Waals surface area contributed by atoms with Gasteiger partial charge < -0.3 is 14.4 Å². The molecule has 4 heteroatoms. The van der Waals surface area contributed by atoms with Crippen molar-refractivity contribution in [2.75, 3.05) is 0 Å². The molecule has 12 heavy (non-hydrogen) atoms. The summed E-state index contributed by atoms with van der Waals surface area (Å²) in [4.78, 5) is 10.2. The van der Waals surface area contributed by atoms with Crippen LogP contribution in [0.5, 0.6) is 0 Å². The van der Waals surface area contributed by atoms with Crippen molar-refractivity contribution >= 4 is 6.16 Å². The Kier molecular flexibility index (Phi) is 2.74. The number of aromatic nitrogens is 1. The monoisotopic (exact) mass is 169 g/mol. The fourth-order valence-electron chi connectivity index (χ4n) is 1.01. The van der Waals surface area contributed by atoms with Gasteiger partial charge in [-0.05, 0) is 12.1 Å². The molecular weight excluding hydrogens is 158 g/mol. The molecule has 66 valence electrons. The molecule has 1 rings (SSSR count). The molecule has 1 heterocycles. The molecule has 0 saturated heterocycles. The van der Waals surface area contributed by atoms with Crippen LogP contribution in [0.2, 0.25) is 0 Å². The maximum absolute atomic E-state index is 10.2. The van der Waals surface area contributed by atoms with E-state index in [1.807, 2.05) is 19.1 Å². The van der Waals surface area contributed by atoms with Gasteiger partial charge in [-0.3, -0.25) is 0 Å². The highest BCUT2D eigenvalue weighted by atomic mass is 16.7. The van der Waals surface area contributed by atoms with E-state index in [2.05, 4.69) is 4.74 Å². The van der Waals surface area contributed by atoms with E-state index >= 15 is 0 Å². The fraction of sp³-hybridized carbons (Fsp3) is 0.375. The van der Waals surface area contributed by atoms with Gasteiger partial charge in [-0.15, -0.1) is 0 Å². The van der Waals surface area contributed by atoms with E-state index in [0.717, 1.165) is 0 Å². The van der Waals surface area contributed by atoms with Crippen LogP contribution in [0.3, 0.4) is 0 Å². The molecule has 0 spiro atoms. The van der Waals surface area contributed by atoms with Crippen LogP contribution >= 0.6 is 0 Å². The number of carbonyl (C=O) groups is 1. The standard InChI is InChI=1S/C8H11NO3/c1-2-7(12-8(10)11)9-5-3-4-6-9/h3-7H,2H2,1H3,(H,10,11). The zero-order chi connectivity index (χ0) is 8.97. The second-order valence-corrected chi connectivity index (χ2v) is 2.38. The van der Waals surface area contributed by atoms with Crippen molar-refractivity contribution in [3.63, 3.8) is 0 Å². The van der Waals surface area contributed by atoms with Gasteiger partial charge in [0.1, 0.15) is 0 Å². The van der Waals surface area contributed by atoms with E-state index in [4.69, 9.17) is 5.11 Å². The number of hydrogen-bond donors (Lipinski definition) is 1. The molecule has 1 unspecified atom stereocenters. The minimum atomic E-state index is -1.24. The summed E-state index contributed by atoms with van der Waals surface area (Å²) in [7, 11) is 0. The Balaban J connectivity index is 2.63. The van der Waals surface area contributed by atoms with Crippen LogP contribution in [0.1, 0.15) is 19.6 Å². The average Bonchev–Trinajstić information content (AvgIpc) is 2.51. The van der Waals surface area contributed by atoms with Gasteiger partial charge >= 0.3 is 6.16 Å². The third-order valence-corrected chi connectivity index (χ3v) is 1.55. The van der Waals surface area contributed by atoms with Gasteiger partial charge in [-0.1, -0.05) is 6.92 Å². The van der Waals surface area contributed by atoms with Gasteiger partial charge in [0.05, 0.1) is 0 Å². The number of nitrogens with zero attached hydrogens (tertiary/aromatic N) is 1. The van der Waals surface area contributed by atoms with Crippen molar-refractivity contribution in [2.24, 2.45) is 0 Å². The first kappa shape index (κ1) is 8.64. The molecule has 0 aliphatic heterocycles. The van der Waals surface area contributed by atoms with E-state index in [0.29, 0.717) is 6.42 Å². The molecule has 4 nitrogen and oxygen atoms in total. The van der Waals surface area contributed by atoms with Crippen molar-refractivity contribution in [2.45, 2.75) is 19.6 Å². The molecule has 1 aromatic rings. The Morgan fingerprint density at radius 2 is 2.17 bits per heavy atom. The second kappa shape index (κ2) is 3.80. The SMILES string of the molecule is CCC(OC(=O)O)n1cccc1. The summed E-state index contributed by atoms with van der Waals surface area (Å²) in [6.45, 7) is 1.87. The van der Waals surface area contributed by atoms with Crippen LogP contribution in [-0.4, -0.2) is 15.8 Å². The highest BCUT2D eigenvalue weighted by Crippen LogP contribution is 2.12. The van der Waals surface area contributed by atoms with Crippen molar-refractivity contribution in [3.8, 4) is 0 Å². The van der Waals surface area contributed by atoms with Gasteiger partial charge in [0.15, 0.2) is 6.23 Å². The lowest BCUT2D eigenvalue weighted by Crippen LogP contribution is -2.13. The predicted octanol–water partition coefficient (Wildman–Crippen LogP) is 2.09. The largest absolute Gasteiger partial charge is 0.507 e. The molecule has 1 atom stereocenters. The highest BCUT2D eigenvalue weighted by molar-refractivity contribution is 5.56. The smallest absolute Gasteiger partial charge is 0.450 e. The zero-order valence-electron chi connectivity index (χ0n) is 6.80. The molecular formula is C8H11NO3. The first-order valence-corrected chi connectivity index (χ1v) is 3.76. The van der Waals surface area contributed by atoms with Crippen molar-refractivity contribution in [1.82, 2.24) is 4.57 Å². The molecule has 1 aromatic heterocycles. The third kappa shape index (κ3) is 2.02. The summed E-state index contributed by atoms with van der Waals surface area (Å²) < 4.78 is 6.34. The van der Waals surface area contributed by atoms with Gasteiger partial charge in [-0.25, -0.2) is 4.79 Å². The molecule has 0 bridgehead atoms. The maximum Gasteiger partial charge on any atom is 0.507 e. The molecule has 0 aromatic carbocycles. The number of carboxylic acid groups (broad SMARTS) is 1. The lowest BCUT2D eigenvalue weighted by Gasteiger charge is -2.14. The lowest BCUT2D eigenvalue weighted by atomic mass is 10.4. The molecule has 0 fully saturated rings. The Bertz CT molecular complexity index is 243. The number of hydrogen-bond acceptors (Lipinski definition) is 2. The van der Waals surface area contributed by atoms with Gasteiger partial charge in [0.2, 0.25) is 0 Å². The van der Waals surface area contributed by atoms with Crippen molar-refractivity contribution in [3.05, 3.63) is 24.5 Å². The zero-order valence-corrected chi connectivity index (χ0v) is 6.80. The Hall–Kier alpha value is -1.45. The van der Waals surface area contributed by atoms with Gasteiger partial charge in [0, 0.05) is 18.8 Å². The fourth-order valence-corrected chi connectivity index (χ4v) is 1.01. The van der Waals surface area contributed by atoms with Gasteiger partial charge in [0.25, 0.3) is 0 Å². The van der Waals surface area contributed by atoms with E-state index in [9.17, 15) is 4.79 Å². The van der Waals surface area contributed by atoms with Crippen LogP contribution in [0.25, 0.3) is 0 Å². The third-order valence-electron chi connectivity index (χ3n) is 1.55. The molecule has 0 aliphatic carbocycles. The Morgan fingerprint density at radius 3 is 2.58 bits per heavy atom. The highest BCUT2D eigenvalue weighted by Gasteiger charge is 2.10. The topological polar surface area (TPSA) is 51.5 Å². The van der Waals surface area contributed by atoms with E-state index in [1.165, 1.54) is 0 Å². The molecule has 0 radical (unpaired) electrons. The number of rotatable bonds is 3. The van der Waals surface area contributed by atoms with E-state index < -0.39 is 12.4 Å². The summed E-state index contributed by atoms with van der Waals surface area (Å²) in [5.74, 6) is 0. The van der Waals surface area contributed by atoms with Crippen LogP contribution in [0, 0.1) is 0 Å². The van der Waals surface area contributed by atoms with E-state index in [-0.39, 0.29) is 0 Å². The Labute approximate surface area is 70.4 Å². The first-order valence-electron chi connectivity index (χ1n) is 3.76. The van der Waals surface area contributed by atoms with Crippen LogP contribution in [-0.2, 0) is 4.74 Å². The average molecular weight is 169 g/mol. The van der Waals surface area contributed by atoms with Crippen LogP contribution < -0.4 is 0 Å². The minimum absolute atomic E-state index is 0.405. The summed E-state index contributed by atoms with van der Waals surface area (Å²) in [5.41, 5.74) is 0. The summed E-state index contributed by atoms with van der Waals surface area (Å²) in [6, 6.07) is 3.65. The second-order valence-electron chi connectivity index (χ2n) is 2.38. The molecule has 0 aliphatic rings. The lowest BCUT2D eigenvalue weighted by molar-refractivity contribution is 0.0163. The van der Waals surface area contributed by atoms with E-state index in [1.54, 1.807) is 17.0 Å².